The number of carbonyl (C=O) groups excluding carboxylic acids is 1. The predicted octanol–water partition coefficient (Wildman–Crippen LogP) is 3.28. The maximum atomic E-state index is 13.0. The molecule has 0 aliphatic heterocycles. The molecule has 1 N–H and O–H groups in total. The van der Waals surface area contributed by atoms with E-state index >= 15 is 0 Å². The van der Waals surface area contributed by atoms with Crippen molar-refractivity contribution in [3.63, 3.8) is 0 Å². The molecule has 2 aromatic rings. The number of amides is 1. The van der Waals surface area contributed by atoms with Gasteiger partial charge in [-0.25, -0.2) is 14.4 Å². The van der Waals surface area contributed by atoms with Gasteiger partial charge < -0.3 is 5.32 Å². The van der Waals surface area contributed by atoms with Crippen molar-refractivity contribution in [1.29, 1.82) is 0 Å². The number of nitrogens with one attached hydrogen (secondary N) is 1. The van der Waals surface area contributed by atoms with Crippen LogP contribution in [0.4, 0.5) is 10.1 Å². The number of carbonyl (C=O) groups is 1. The predicted molar refractivity (Wildman–Crippen MR) is 69.1 cm³/mol. The summed E-state index contributed by atoms with van der Waals surface area (Å²) >= 11 is 8.59. The lowest BCUT2D eigenvalue weighted by molar-refractivity contribution is 0.102. The normalized spacial score (nSPS) is 10.2. The molecule has 0 fully saturated rings. The van der Waals surface area contributed by atoms with Crippen molar-refractivity contribution >= 4 is 39.1 Å². The van der Waals surface area contributed by atoms with E-state index in [-0.39, 0.29) is 15.3 Å². The highest BCUT2D eigenvalue weighted by molar-refractivity contribution is 9.10. The standard InChI is InChI=1S/C11H6BrClFN3O/c12-7-3-6(1-2-8(7)14)17-11(18)9-4-16-10(13)5-15-9/h1-5H,(H,17,18). The van der Waals surface area contributed by atoms with Gasteiger partial charge in [0, 0.05) is 5.69 Å². The Bertz CT molecular complexity index is 591. The van der Waals surface area contributed by atoms with Gasteiger partial charge in [0.15, 0.2) is 0 Å². The molecular formula is C11H6BrClFN3O. The molecule has 0 saturated carbocycles. The molecule has 0 bridgehead atoms. The summed E-state index contributed by atoms with van der Waals surface area (Å²) in [7, 11) is 0. The molecule has 1 amide bonds. The second-order valence-corrected chi connectivity index (χ2v) is 4.55. The summed E-state index contributed by atoms with van der Waals surface area (Å²) in [5.74, 6) is -0.850. The van der Waals surface area contributed by atoms with E-state index in [1.807, 2.05) is 0 Å². The van der Waals surface area contributed by atoms with E-state index in [0.29, 0.717) is 5.69 Å². The molecule has 0 aliphatic rings. The van der Waals surface area contributed by atoms with Crippen molar-refractivity contribution in [2.45, 2.75) is 0 Å². The average molecular weight is 331 g/mol. The quantitative estimate of drug-likeness (QED) is 0.919. The van der Waals surface area contributed by atoms with Gasteiger partial charge in [-0.05, 0) is 34.1 Å². The van der Waals surface area contributed by atoms with Crippen LogP contribution in [0, 0.1) is 5.82 Å². The van der Waals surface area contributed by atoms with E-state index in [1.54, 1.807) is 0 Å². The van der Waals surface area contributed by atoms with E-state index in [4.69, 9.17) is 11.6 Å². The number of aromatic nitrogens is 2. The fourth-order valence-corrected chi connectivity index (χ4v) is 1.67. The summed E-state index contributed by atoms with van der Waals surface area (Å²) in [6, 6.07) is 4.14. The summed E-state index contributed by atoms with van der Waals surface area (Å²) in [4.78, 5) is 19.3. The minimum Gasteiger partial charge on any atom is -0.321 e. The van der Waals surface area contributed by atoms with Gasteiger partial charge in [-0.1, -0.05) is 11.6 Å². The first-order valence-corrected chi connectivity index (χ1v) is 5.97. The fourth-order valence-electron chi connectivity index (χ4n) is 1.20. The third-order valence-electron chi connectivity index (χ3n) is 2.03. The van der Waals surface area contributed by atoms with Gasteiger partial charge in [0.1, 0.15) is 16.7 Å². The Morgan fingerprint density at radius 2 is 2.11 bits per heavy atom. The van der Waals surface area contributed by atoms with Gasteiger partial charge >= 0.3 is 0 Å². The van der Waals surface area contributed by atoms with Crippen molar-refractivity contribution < 1.29 is 9.18 Å². The second kappa shape index (κ2) is 5.41. The summed E-state index contributed by atoms with van der Waals surface area (Å²) in [5, 5.41) is 2.77. The number of rotatable bonds is 2. The first-order valence-electron chi connectivity index (χ1n) is 4.80. The second-order valence-electron chi connectivity index (χ2n) is 3.31. The Balaban J connectivity index is 2.16. The highest BCUT2D eigenvalue weighted by Gasteiger charge is 2.09. The molecule has 4 nitrogen and oxygen atoms in total. The van der Waals surface area contributed by atoms with Crippen LogP contribution >= 0.6 is 27.5 Å². The van der Waals surface area contributed by atoms with Crippen LogP contribution in [-0.2, 0) is 0 Å². The minimum atomic E-state index is -0.447. The largest absolute Gasteiger partial charge is 0.321 e. The molecule has 0 spiro atoms. The summed E-state index contributed by atoms with van der Waals surface area (Å²) in [6.45, 7) is 0. The Kier molecular flexibility index (Phi) is 3.88. The first kappa shape index (κ1) is 12.9. The molecule has 1 aromatic heterocycles. The van der Waals surface area contributed by atoms with Gasteiger partial charge in [0.2, 0.25) is 0 Å². The Morgan fingerprint density at radius 3 is 2.72 bits per heavy atom. The zero-order valence-electron chi connectivity index (χ0n) is 8.82. The lowest BCUT2D eigenvalue weighted by atomic mass is 10.3. The van der Waals surface area contributed by atoms with E-state index in [1.165, 1.54) is 30.6 Å². The molecule has 0 aliphatic carbocycles. The van der Waals surface area contributed by atoms with Gasteiger partial charge in [0.25, 0.3) is 5.91 Å². The SMILES string of the molecule is O=C(Nc1ccc(F)c(Br)c1)c1cnc(Cl)cn1. The van der Waals surface area contributed by atoms with Crippen LogP contribution in [0.1, 0.15) is 10.5 Å². The minimum absolute atomic E-state index is 0.125. The van der Waals surface area contributed by atoms with Crippen molar-refractivity contribution in [2.75, 3.05) is 5.32 Å². The summed E-state index contributed by atoms with van der Waals surface area (Å²) < 4.78 is 13.3. The van der Waals surface area contributed by atoms with Crippen LogP contribution in [0.5, 0.6) is 0 Å². The third kappa shape index (κ3) is 3.02. The molecule has 18 heavy (non-hydrogen) atoms. The van der Waals surface area contributed by atoms with E-state index in [9.17, 15) is 9.18 Å². The van der Waals surface area contributed by atoms with Crippen molar-refractivity contribution in [1.82, 2.24) is 9.97 Å². The Morgan fingerprint density at radius 1 is 1.33 bits per heavy atom. The maximum absolute atomic E-state index is 13.0. The zero-order chi connectivity index (χ0) is 13.1. The van der Waals surface area contributed by atoms with Crippen LogP contribution in [0.25, 0.3) is 0 Å². The lowest BCUT2D eigenvalue weighted by Gasteiger charge is -2.05. The molecule has 0 saturated heterocycles. The lowest BCUT2D eigenvalue weighted by Crippen LogP contribution is -2.13. The maximum Gasteiger partial charge on any atom is 0.275 e. The number of hydrogen-bond donors (Lipinski definition) is 1. The zero-order valence-corrected chi connectivity index (χ0v) is 11.2. The summed E-state index contributed by atoms with van der Waals surface area (Å²) in [6.07, 6.45) is 2.54. The van der Waals surface area contributed by atoms with E-state index in [0.717, 1.165) is 0 Å². The molecule has 2 rings (SSSR count). The molecule has 1 aromatic carbocycles. The van der Waals surface area contributed by atoms with E-state index in [2.05, 4.69) is 31.2 Å². The number of anilines is 1. The van der Waals surface area contributed by atoms with Crippen LogP contribution < -0.4 is 5.32 Å². The molecule has 1 heterocycles. The van der Waals surface area contributed by atoms with Crippen LogP contribution in [0.3, 0.4) is 0 Å². The average Bonchev–Trinajstić information content (AvgIpc) is 2.34. The van der Waals surface area contributed by atoms with E-state index < -0.39 is 11.7 Å². The van der Waals surface area contributed by atoms with Gasteiger partial charge in [-0.2, -0.15) is 0 Å². The van der Waals surface area contributed by atoms with Crippen LogP contribution in [0.15, 0.2) is 35.1 Å². The van der Waals surface area contributed by atoms with Gasteiger partial charge in [-0.3, -0.25) is 4.79 Å². The molecule has 0 atom stereocenters. The van der Waals surface area contributed by atoms with Crippen LogP contribution in [-0.4, -0.2) is 15.9 Å². The topological polar surface area (TPSA) is 54.9 Å². The highest BCUT2D eigenvalue weighted by Crippen LogP contribution is 2.20. The molecule has 7 heteroatoms. The smallest absolute Gasteiger partial charge is 0.275 e. The van der Waals surface area contributed by atoms with Crippen LogP contribution in [0.2, 0.25) is 5.15 Å². The fraction of sp³-hybridized carbons (Fsp3) is 0. The molecule has 0 unspecified atom stereocenters. The first-order chi connectivity index (χ1) is 8.56. The molecular weight excluding hydrogens is 324 g/mol. The third-order valence-corrected chi connectivity index (χ3v) is 2.83. The van der Waals surface area contributed by atoms with Gasteiger partial charge in [-0.15, -0.1) is 0 Å². The van der Waals surface area contributed by atoms with Gasteiger partial charge in [0.05, 0.1) is 16.9 Å². The number of nitrogens with zero attached hydrogens (tertiary/aromatic N) is 2. The molecule has 92 valence electrons. The monoisotopic (exact) mass is 329 g/mol. The number of halogens is 3. The Labute approximate surface area is 115 Å². The van der Waals surface area contributed by atoms with Crippen molar-refractivity contribution in [3.8, 4) is 0 Å². The van der Waals surface area contributed by atoms with Crippen molar-refractivity contribution in [2.24, 2.45) is 0 Å². The highest BCUT2D eigenvalue weighted by atomic mass is 79.9. The number of hydrogen-bond acceptors (Lipinski definition) is 3. The Hall–Kier alpha value is -1.53. The number of benzene rings is 1. The molecule has 0 radical (unpaired) electrons. The summed E-state index contributed by atoms with van der Waals surface area (Å²) in [5.41, 5.74) is 0.574. The van der Waals surface area contributed by atoms with Crippen molar-refractivity contribution in [3.05, 3.63) is 51.7 Å².